The molecule has 1 fully saturated rings. The second kappa shape index (κ2) is 5.48. The number of hydrogen-bond donors (Lipinski definition) is 1. The van der Waals surface area contributed by atoms with Crippen LogP contribution < -0.4 is 5.32 Å². The third-order valence-corrected chi connectivity index (χ3v) is 3.68. The van der Waals surface area contributed by atoms with Crippen molar-refractivity contribution in [3.8, 4) is 0 Å². The zero-order chi connectivity index (χ0) is 11.4. The van der Waals surface area contributed by atoms with Gasteiger partial charge < -0.3 is 5.32 Å². The van der Waals surface area contributed by atoms with Crippen LogP contribution in [0.3, 0.4) is 0 Å². The smallest absolute Gasteiger partial charge is 0.0672 e. The highest BCUT2D eigenvalue weighted by Gasteiger charge is 2.23. The Kier molecular flexibility index (Phi) is 3.99. The predicted octanol–water partition coefficient (Wildman–Crippen LogP) is 2.67. The molecule has 0 spiro atoms. The molecule has 2 rings (SSSR count). The molecule has 1 aromatic rings. The average Bonchev–Trinajstić information content (AvgIpc) is 2.65. The molecule has 0 radical (unpaired) electrons. The maximum Gasteiger partial charge on any atom is 0.0672 e. The molecule has 1 aliphatic rings. The summed E-state index contributed by atoms with van der Waals surface area (Å²) in [5.41, 5.74) is 1.12. The van der Waals surface area contributed by atoms with Crippen molar-refractivity contribution in [2.75, 3.05) is 7.05 Å². The predicted molar refractivity (Wildman–Crippen MR) is 66.6 cm³/mol. The number of hydrogen-bond acceptors (Lipinski definition) is 2. The molecule has 0 aliphatic heterocycles. The Bertz CT molecular complexity index is 319. The van der Waals surface area contributed by atoms with Crippen molar-refractivity contribution in [2.45, 2.75) is 57.5 Å². The van der Waals surface area contributed by atoms with Crippen LogP contribution in [0.25, 0.3) is 0 Å². The van der Waals surface area contributed by atoms with Crippen LogP contribution in [0.1, 0.15) is 50.3 Å². The maximum absolute atomic E-state index is 4.58. The van der Waals surface area contributed by atoms with E-state index in [-0.39, 0.29) is 0 Å². The van der Waals surface area contributed by atoms with E-state index in [9.17, 15) is 0 Å². The van der Waals surface area contributed by atoms with Gasteiger partial charge in [0.15, 0.2) is 0 Å². The monoisotopic (exact) mass is 221 g/mol. The van der Waals surface area contributed by atoms with Gasteiger partial charge in [-0.1, -0.05) is 25.7 Å². The molecule has 1 aromatic heterocycles. The molecule has 0 saturated heterocycles. The number of nitrogens with one attached hydrogen (secondary N) is 1. The van der Waals surface area contributed by atoms with Gasteiger partial charge in [0.2, 0.25) is 0 Å². The van der Waals surface area contributed by atoms with Gasteiger partial charge in [0.25, 0.3) is 0 Å². The topological polar surface area (TPSA) is 29.9 Å². The molecule has 90 valence electrons. The third-order valence-electron chi connectivity index (χ3n) is 3.68. The summed E-state index contributed by atoms with van der Waals surface area (Å²) in [7, 11) is 2.08. The molecule has 2 unspecified atom stereocenters. The first-order valence-electron chi connectivity index (χ1n) is 6.50. The van der Waals surface area contributed by atoms with Crippen LogP contribution in [0.4, 0.5) is 0 Å². The number of rotatable bonds is 2. The summed E-state index contributed by atoms with van der Waals surface area (Å²) in [5, 5.41) is 8.05. The van der Waals surface area contributed by atoms with Crippen LogP contribution >= 0.6 is 0 Å². The molecule has 1 aliphatic carbocycles. The fraction of sp³-hybridized carbons (Fsp3) is 0.769. The normalized spacial score (nSPS) is 27.4. The van der Waals surface area contributed by atoms with E-state index >= 15 is 0 Å². The molecule has 1 N–H and O–H groups in total. The highest BCUT2D eigenvalue weighted by Crippen LogP contribution is 2.26. The molecule has 3 heteroatoms. The molecule has 0 bridgehead atoms. The van der Waals surface area contributed by atoms with E-state index in [1.54, 1.807) is 0 Å². The number of likely N-dealkylation sites (N-methyl/N-ethyl adjacent to an activating group) is 1. The van der Waals surface area contributed by atoms with E-state index < -0.39 is 0 Å². The molecular weight excluding hydrogens is 198 g/mol. The molecule has 1 saturated carbocycles. The molecule has 0 amide bonds. The van der Waals surface area contributed by atoms with Gasteiger partial charge in [-0.15, -0.1) is 0 Å². The Balaban J connectivity index is 2.13. The molecule has 16 heavy (non-hydrogen) atoms. The van der Waals surface area contributed by atoms with Crippen molar-refractivity contribution in [1.29, 1.82) is 0 Å². The average molecular weight is 221 g/mol. The van der Waals surface area contributed by atoms with Gasteiger partial charge in [0.05, 0.1) is 11.7 Å². The Hall–Kier alpha value is -0.830. The highest BCUT2D eigenvalue weighted by atomic mass is 15.3. The first kappa shape index (κ1) is 11.6. The molecular formula is C13H23N3. The van der Waals surface area contributed by atoms with Gasteiger partial charge in [-0.3, -0.25) is 4.68 Å². The quantitative estimate of drug-likeness (QED) is 0.832. The van der Waals surface area contributed by atoms with Gasteiger partial charge in [-0.25, -0.2) is 0 Å². The minimum absolute atomic E-state index is 0.541. The van der Waals surface area contributed by atoms with Crippen molar-refractivity contribution >= 4 is 0 Å². The van der Waals surface area contributed by atoms with E-state index in [1.165, 1.54) is 38.5 Å². The Morgan fingerprint density at radius 1 is 1.25 bits per heavy atom. The molecule has 3 nitrogen and oxygen atoms in total. The van der Waals surface area contributed by atoms with Crippen LogP contribution in [-0.2, 0) is 0 Å². The summed E-state index contributed by atoms with van der Waals surface area (Å²) in [6.07, 6.45) is 10.1. The van der Waals surface area contributed by atoms with Crippen LogP contribution in [-0.4, -0.2) is 22.9 Å². The molecule has 2 atom stereocenters. The lowest BCUT2D eigenvalue weighted by atomic mass is 9.92. The van der Waals surface area contributed by atoms with E-state index in [1.807, 2.05) is 0 Å². The summed E-state index contributed by atoms with van der Waals surface area (Å²) in [5.74, 6) is 0. The lowest BCUT2D eigenvalue weighted by Crippen LogP contribution is -2.36. The van der Waals surface area contributed by atoms with E-state index in [0.29, 0.717) is 12.1 Å². The fourth-order valence-electron chi connectivity index (χ4n) is 2.74. The lowest BCUT2D eigenvalue weighted by molar-refractivity contribution is 0.277. The van der Waals surface area contributed by atoms with E-state index in [2.05, 4.69) is 41.3 Å². The van der Waals surface area contributed by atoms with Crippen molar-refractivity contribution in [1.82, 2.24) is 15.1 Å². The third kappa shape index (κ3) is 2.64. The van der Waals surface area contributed by atoms with Gasteiger partial charge in [-0.05, 0) is 32.9 Å². The standard InChI is InChI=1S/C13H23N3/c1-11-9-10-16(15-11)13-8-6-4-3-5-7-12(13)14-2/h9-10,12-14H,3-8H2,1-2H3. The SMILES string of the molecule is CNC1CCCCCCC1n1ccc(C)n1. The second-order valence-electron chi connectivity index (χ2n) is 4.89. The summed E-state index contributed by atoms with van der Waals surface area (Å²) >= 11 is 0. The highest BCUT2D eigenvalue weighted by molar-refractivity contribution is 4.97. The van der Waals surface area contributed by atoms with E-state index in [4.69, 9.17) is 0 Å². The zero-order valence-electron chi connectivity index (χ0n) is 10.4. The van der Waals surface area contributed by atoms with Gasteiger partial charge in [0.1, 0.15) is 0 Å². The maximum atomic E-state index is 4.58. The zero-order valence-corrected chi connectivity index (χ0v) is 10.4. The number of nitrogens with zero attached hydrogens (tertiary/aromatic N) is 2. The van der Waals surface area contributed by atoms with Crippen LogP contribution in [0.15, 0.2) is 12.3 Å². The van der Waals surface area contributed by atoms with Crippen LogP contribution in [0.2, 0.25) is 0 Å². The minimum Gasteiger partial charge on any atom is -0.315 e. The fourth-order valence-corrected chi connectivity index (χ4v) is 2.74. The summed E-state index contributed by atoms with van der Waals surface area (Å²) in [6.45, 7) is 2.06. The Morgan fingerprint density at radius 3 is 2.62 bits per heavy atom. The first-order valence-corrected chi connectivity index (χ1v) is 6.50. The summed E-state index contributed by atoms with van der Waals surface area (Å²) in [6, 6.07) is 3.23. The first-order chi connectivity index (χ1) is 7.81. The summed E-state index contributed by atoms with van der Waals surface area (Å²) in [4.78, 5) is 0. The Labute approximate surface area is 98.2 Å². The van der Waals surface area contributed by atoms with E-state index in [0.717, 1.165) is 5.69 Å². The Morgan fingerprint density at radius 2 is 2.00 bits per heavy atom. The van der Waals surface area contributed by atoms with Crippen molar-refractivity contribution in [3.63, 3.8) is 0 Å². The minimum atomic E-state index is 0.541. The van der Waals surface area contributed by atoms with Gasteiger partial charge in [0, 0.05) is 12.2 Å². The second-order valence-corrected chi connectivity index (χ2v) is 4.89. The summed E-state index contributed by atoms with van der Waals surface area (Å²) < 4.78 is 2.17. The van der Waals surface area contributed by atoms with Crippen molar-refractivity contribution in [3.05, 3.63) is 18.0 Å². The molecule has 1 heterocycles. The largest absolute Gasteiger partial charge is 0.315 e. The molecule has 0 aromatic carbocycles. The van der Waals surface area contributed by atoms with Crippen molar-refractivity contribution < 1.29 is 0 Å². The van der Waals surface area contributed by atoms with Crippen LogP contribution in [0, 0.1) is 6.92 Å². The lowest BCUT2D eigenvalue weighted by Gasteiger charge is -2.29. The van der Waals surface area contributed by atoms with Gasteiger partial charge in [-0.2, -0.15) is 5.10 Å². The van der Waals surface area contributed by atoms with Crippen molar-refractivity contribution in [2.24, 2.45) is 0 Å². The van der Waals surface area contributed by atoms with Crippen LogP contribution in [0.5, 0.6) is 0 Å². The van der Waals surface area contributed by atoms with Gasteiger partial charge >= 0.3 is 0 Å². The number of aromatic nitrogens is 2. The number of aryl methyl sites for hydroxylation is 1.